The first kappa shape index (κ1) is 20.1. The summed E-state index contributed by atoms with van der Waals surface area (Å²) in [6, 6.07) is 0.425. The number of nitrogens with zero attached hydrogens (tertiary/aromatic N) is 3. The summed E-state index contributed by atoms with van der Waals surface area (Å²) in [5.41, 5.74) is 0. The number of rotatable bonds is 8. The highest BCUT2D eigenvalue weighted by Crippen LogP contribution is 2.38. The largest absolute Gasteiger partial charge is 0.353 e. The summed E-state index contributed by atoms with van der Waals surface area (Å²) >= 11 is 0. The number of piperazine rings is 1. The van der Waals surface area contributed by atoms with Gasteiger partial charge in [-0.15, -0.1) is 0 Å². The number of hydrogen-bond acceptors (Lipinski definition) is 4. The van der Waals surface area contributed by atoms with Crippen LogP contribution in [-0.4, -0.2) is 85.6 Å². The van der Waals surface area contributed by atoms with E-state index in [0.29, 0.717) is 12.0 Å². The molecule has 1 N–H and O–H groups in total. The molecule has 5 heteroatoms. The molecule has 3 rings (SSSR count). The molecule has 0 aromatic heterocycles. The van der Waals surface area contributed by atoms with Crippen LogP contribution in [0.2, 0.25) is 0 Å². The average Bonchev–Trinajstić information content (AvgIpc) is 3.23. The van der Waals surface area contributed by atoms with Gasteiger partial charge in [0.25, 0.3) is 0 Å². The van der Waals surface area contributed by atoms with Crippen molar-refractivity contribution >= 4 is 5.91 Å². The Morgan fingerprint density at radius 2 is 1.69 bits per heavy atom. The number of nitrogens with one attached hydrogen (secondary N) is 1. The van der Waals surface area contributed by atoms with Crippen LogP contribution in [0.4, 0.5) is 0 Å². The Morgan fingerprint density at radius 1 is 1.00 bits per heavy atom. The van der Waals surface area contributed by atoms with E-state index in [-0.39, 0.29) is 11.8 Å². The van der Waals surface area contributed by atoms with Crippen molar-refractivity contribution in [2.24, 2.45) is 17.8 Å². The Kier molecular flexibility index (Phi) is 7.35. The van der Waals surface area contributed by atoms with Gasteiger partial charge < -0.3 is 20.0 Å². The summed E-state index contributed by atoms with van der Waals surface area (Å²) in [6.07, 6.45) is 4.71. The summed E-state index contributed by atoms with van der Waals surface area (Å²) < 4.78 is 0. The highest BCUT2D eigenvalue weighted by Gasteiger charge is 2.43. The minimum absolute atomic E-state index is 0.153. The topological polar surface area (TPSA) is 38.8 Å². The van der Waals surface area contributed by atoms with Gasteiger partial charge in [0.1, 0.15) is 0 Å². The van der Waals surface area contributed by atoms with Crippen LogP contribution in [0.1, 0.15) is 46.5 Å². The van der Waals surface area contributed by atoms with Crippen LogP contribution in [-0.2, 0) is 4.79 Å². The van der Waals surface area contributed by atoms with E-state index in [9.17, 15) is 4.79 Å². The van der Waals surface area contributed by atoms with Gasteiger partial charge in [0, 0.05) is 51.2 Å². The zero-order valence-corrected chi connectivity index (χ0v) is 17.3. The second-order valence-electron chi connectivity index (χ2n) is 8.81. The summed E-state index contributed by atoms with van der Waals surface area (Å²) in [5, 5.41) is 3.36. The Labute approximate surface area is 160 Å². The molecule has 0 aromatic rings. The zero-order valence-electron chi connectivity index (χ0n) is 17.3. The minimum Gasteiger partial charge on any atom is -0.353 e. The number of amides is 1. The van der Waals surface area contributed by atoms with E-state index in [4.69, 9.17) is 0 Å². The second kappa shape index (κ2) is 9.52. The third-order valence-corrected chi connectivity index (χ3v) is 7.18. The fraction of sp³-hybridized carbons (Fsp3) is 0.952. The molecule has 2 saturated heterocycles. The van der Waals surface area contributed by atoms with E-state index in [1.165, 1.54) is 78.2 Å². The molecule has 4 atom stereocenters. The van der Waals surface area contributed by atoms with Crippen molar-refractivity contribution in [3.8, 4) is 0 Å². The van der Waals surface area contributed by atoms with Crippen LogP contribution in [0.5, 0.6) is 0 Å². The lowest BCUT2D eigenvalue weighted by molar-refractivity contribution is -0.125. The van der Waals surface area contributed by atoms with Crippen molar-refractivity contribution in [3.63, 3.8) is 0 Å². The van der Waals surface area contributed by atoms with Gasteiger partial charge in [-0.3, -0.25) is 4.79 Å². The van der Waals surface area contributed by atoms with Gasteiger partial charge in [-0.2, -0.15) is 0 Å². The fourth-order valence-corrected chi connectivity index (χ4v) is 5.08. The molecule has 3 aliphatic rings. The quantitative estimate of drug-likeness (QED) is 0.714. The first-order chi connectivity index (χ1) is 12.6. The minimum atomic E-state index is 0.153. The van der Waals surface area contributed by atoms with Gasteiger partial charge in [0.15, 0.2) is 0 Å². The Bertz CT molecular complexity index is 449. The van der Waals surface area contributed by atoms with Crippen molar-refractivity contribution in [3.05, 3.63) is 0 Å². The molecule has 0 radical (unpaired) electrons. The van der Waals surface area contributed by atoms with Gasteiger partial charge in [0.2, 0.25) is 5.91 Å². The summed E-state index contributed by atoms with van der Waals surface area (Å²) in [4.78, 5) is 20.1. The first-order valence-electron chi connectivity index (χ1n) is 11.1. The molecule has 2 heterocycles. The van der Waals surface area contributed by atoms with E-state index in [2.05, 4.69) is 33.9 Å². The molecule has 26 heavy (non-hydrogen) atoms. The Morgan fingerprint density at radius 3 is 2.38 bits per heavy atom. The first-order valence-corrected chi connectivity index (χ1v) is 11.1. The second-order valence-corrected chi connectivity index (χ2v) is 8.81. The molecule has 1 amide bonds. The maximum Gasteiger partial charge on any atom is 0.223 e. The molecule has 0 bridgehead atoms. The Balaban J connectivity index is 1.35. The third-order valence-electron chi connectivity index (χ3n) is 7.18. The SMILES string of the molecule is CCC(C)C(=O)NC1CCC2CN(CCCN3CCN(CC)CC3)CC21. The molecular weight excluding hydrogens is 324 g/mol. The van der Waals surface area contributed by atoms with E-state index in [1.54, 1.807) is 0 Å². The van der Waals surface area contributed by atoms with E-state index < -0.39 is 0 Å². The standard InChI is InChI=1S/C21H40N4O/c1-4-17(3)21(26)22-20-8-7-18-15-25(16-19(18)20)10-6-9-24-13-11-23(5-2)12-14-24/h17-20H,4-16H2,1-3H3,(H,22,26). The molecule has 5 nitrogen and oxygen atoms in total. The van der Waals surface area contributed by atoms with Gasteiger partial charge in [-0.1, -0.05) is 20.8 Å². The molecule has 4 unspecified atom stereocenters. The lowest BCUT2D eigenvalue weighted by atomic mass is 9.97. The number of likely N-dealkylation sites (N-methyl/N-ethyl adjacent to an activating group) is 1. The molecule has 1 saturated carbocycles. The van der Waals surface area contributed by atoms with Gasteiger partial charge in [-0.25, -0.2) is 0 Å². The monoisotopic (exact) mass is 364 g/mol. The van der Waals surface area contributed by atoms with Crippen molar-refractivity contribution in [1.82, 2.24) is 20.0 Å². The number of hydrogen-bond donors (Lipinski definition) is 1. The molecular formula is C21H40N4O. The molecule has 150 valence electrons. The van der Waals surface area contributed by atoms with Crippen molar-refractivity contribution < 1.29 is 4.79 Å². The van der Waals surface area contributed by atoms with Crippen LogP contribution < -0.4 is 5.32 Å². The molecule has 1 aliphatic carbocycles. The molecule has 3 fully saturated rings. The zero-order chi connectivity index (χ0) is 18.5. The van der Waals surface area contributed by atoms with Crippen molar-refractivity contribution in [1.29, 1.82) is 0 Å². The number of carbonyl (C=O) groups excluding carboxylic acids is 1. The fourth-order valence-electron chi connectivity index (χ4n) is 5.08. The smallest absolute Gasteiger partial charge is 0.223 e. The number of carbonyl (C=O) groups is 1. The number of likely N-dealkylation sites (tertiary alicyclic amines) is 1. The van der Waals surface area contributed by atoms with Gasteiger partial charge in [-0.05, 0) is 57.2 Å². The number of fused-ring (bicyclic) bond motifs is 1. The lowest BCUT2D eigenvalue weighted by Crippen LogP contribution is -2.46. The van der Waals surface area contributed by atoms with Crippen LogP contribution in [0.3, 0.4) is 0 Å². The average molecular weight is 365 g/mol. The van der Waals surface area contributed by atoms with Crippen LogP contribution in [0, 0.1) is 17.8 Å². The highest BCUT2D eigenvalue weighted by molar-refractivity contribution is 5.78. The van der Waals surface area contributed by atoms with Crippen LogP contribution >= 0.6 is 0 Å². The summed E-state index contributed by atoms with van der Waals surface area (Å²) in [6.45, 7) is 17.5. The highest BCUT2D eigenvalue weighted by atomic mass is 16.1. The molecule has 0 aromatic carbocycles. The van der Waals surface area contributed by atoms with Crippen LogP contribution in [0.15, 0.2) is 0 Å². The van der Waals surface area contributed by atoms with E-state index in [1.807, 2.05) is 6.92 Å². The van der Waals surface area contributed by atoms with Crippen LogP contribution in [0.25, 0.3) is 0 Å². The van der Waals surface area contributed by atoms with Crippen molar-refractivity contribution in [2.45, 2.75) is 52.5 Å². The van der Waals surface area contributed by atoms with E-state index >= 15 is 0 Å². The maximum absolute atomic E-state index is 12.3. The van der Waals surface area contributed by atoms with Gasteiger partial charge >= 0.3 is 0 Å². The summed E-state index contributed by atoms with van der Waals surface area (Å²) in [5.74, 6) is 1.92. The molecule has 0 spiro atoms. The van der Waals surface area contributed by atoms with Crippen molar-refractivity contribution in [2.75, 3.05) is 58.9 Å². The predicted octanol–water partition coefficient (Wildman–Crippen LogP) is 1.89. The normalized spacial score (nSPS) is 31.9. The van der Waals surface area contributed by atoms with E-state index in [0.717, 1.165) is 12.3 Å². The third kappa shape index (κ3) is 4.99. The van der Waals surface area contributed by atoms with Gasteiger partial charge in [0.05, 0.1) is 0 Å². The molecule has 2 aliphatic heterocycles. The lowest BCUT2D eigenvalue weighted by Gasteiger charge is -2.34. The predicted molar refractivity (Wildman–Crippen MR) is 107 cm³/mol. The maximum atomic E-state index is 12.3. The Hall–Kier alpha value is -0.650. The summed E-state index contributed by atoms with van der Waals surface area (Å²) in [7, 11) is 0.